The lowest BCUT2D eigenvalue weighted by Gasteiger charge is -2.25. The molecule has 0 aliphatic rings. The number of carbonyl (C=O) groups is 1. The second kappa shape index (κ2) is 59.1. The normalized spacial score (nSPS) is 14.0. The first-order valence-corrected chi connectivity index (χ1v) is 35.0. The van der Waals surface area contributed by atoms with Gasteiger partial charge in [-0.25, -0.2) is 4.57 Å². The summed E-state index contributed by atoms with van der Waals surface area (Å²) in [6, 6.07) is -0.871. The van der Waals surface area contributed by atoms with E-state index in [1.54, 1.807) is 6.08 Å². The van der Waals surface area contributed by atoms with Crippen LogP contribution in [0, 0.1) is 0 Å². The Labute approximate surface area is 479 Å². The molecule has 3 N–H and O–H groups in total. The molecule has 0 aliphatic carbocycles. The number of unbranched alkanes of at least 4 members (excludes halogenated alkanes) is 43. The van der Waals surface area contributed by atoms with Crippen molar-refractivity contribution in [3.05, 3.63) is 48.6 Å². The number of allylic oxidation sites excluding steroid dienone is 7. The second-order valence-corrected chi connectivity index (χ2v) is 25.6. The number of likely N-dealkylation sites (N-methyl/N-ethyl adjacent to an activating group) is 1. The number of nitrogens with one attached hydrogen (secondary N) is 1. The van der Waals surface area contributed by atoms with Crippen LogP contribution in [0.3, 0.4) is 0 Å². The standard InChI is InChI=1S/C68H131N2O6P/c1-6-8-10-12-14-16-18-20-22-24-26-28-30-31-32-33-34-35-36-37-38-39-40-42-44-46-48-50-52-54-56-58-60-62-68(72)69-66(65-76-77(73,74)75-64-63-70(3,4)5)67(71)61-59-57-55-53-51-49-47-45-43-41-29-27-25-23-21-19-17-15-13-11-9-7-2/h31-32,43,45,51,53,59,61,66-67,71H,6-30,33-42,44,46-50,52,54-58,60,62-65H2,1-5H3,(H-,69,72,73,74)/p+1/b32-31-,45-43+,53-51+,61-59+. The van der Waals surface area contributed by atoms with E-state index >= 15 is 0 Å². The van der Waals surface area contributed by atoms with E-state index in [2.05, 4.69) is 55.6 Å². The van der Waals surface area contributed by atoms with Crippen LogP contribution >= 0.6 is 7.82 Å². The van der Waals surface area contributed by atoms with Crippen molar-refractivity contribution in [2.75, 3.05) is 40.9 Å². The number of rotatable bonds is 62. The van der Waals surface area contributed by atoms with Crippen molar-refractivity contribution in [2.24, 2.45) is 0 Å². The molecule has 3 unspecified atom stereocenters. The number of amides is 1. The third-order valence-electron chi connectivity index (χ3n) is 15.2. The summed E-state index contributed by atoms with van der Waals surface area (Å²) in [7, 11) is 1.56. The first-order valence-electron chi connectivity index (χ1n) is 33.5. The lowest BCUT2D eigenvalue weighted by atomic mass is 10.0. The third-order valence-corrected chi connectivity index (χ3v) is 16.2. The van der Waals surface area contributed by atoms with Crippen molar-refractivity contribution in [2.45, 2.75) is 341 Å². The lowest BCUT2D eigenvalue weighted by molar-refractivity contribution is -0.870. The van der Waals surface area contributed by atoms with Gasteiger partial charge in [0.25, 0.3) is 0 Å². The van der Waals surface area contributed by atoms with Gasteiger partial charge in [0, 0.05) is 6.42 Å². The molecule has 0 bridgehead atoms. The maximum atomic E-state index is 13.0. The van der Waals surface area contributed by atoms with Gasteiger partial charge in [-0.1, -0.05) is 300 Å². The minimum Gasteiger partial charge on any atom is -0.387 e. The first kappa shape index (κ1) is 75.5. The summed E-state index contributed by atoms with van der Waals surface area (Å²) >= 11 is 0. The monoisotopic (exact) mass is 1100 g/mol. The van der Waals surface area contributed by atoms with Crippen molar-refractivity contribution in [3.63, 3.8) is 0 Å². The summed E-state index contributed by atoms with van der Waals surface area (Å²) < 4.78 is 23.8. The zero-order valence-electron chi connectivity index (χ0n) is 52.0. The molecular formula is C68H132N2O6P+. The van der Waals surface area contributed by atoms with Gasteiger partial charge in [-0.3, -0.25) is 13.8 Å². The minimum absolute atomic E-state index is 0.0541. The molecule has 0 aromatic rings. The highest BCUT2D eigenvalue weighted by Gasteiger charge is 2.28. The molecule has 0 aromatic heterocycles. The number of nitrogens with zero attached hydrogens (tertiary/aromatic N) is 1. The van der Waals surface area contributed by atoms with Gasteiger partial charge in [0.1, 0.15) is 13.2 Å². The van der Waals surface area contributed by atoms with Gasteiger partial charge in [-0.15, -0.1) is 0 Å². The molecule has 0 spiro atoms. The number of carbonyl (C=O) groups excluding carboxylic acids is 1. The van der Waals surface area contributed by atoms with Gasteiger partial charge in [-0.2, -0.15) is 0 Å². The van der Waals surface area contributed by atoms with E-state index < -0.39 is 20.0 Å². The maximum Gasteiger partial charge on any atom is 0.472 e. The van der Waals surface area contributed by atoms with Gasteiger partial charge in [-0.05, 0) is 70.6 Å². The predicted molar refractivity (Wildman–Crippen MR) is 337 cm³/mol. The molecule has 0 saturated heterocycles. The molecule has 8 nitrogen and oxygen atoms in total. The lowest BCUT2D eigenvalue weighted by Crippen LogP contribution is -2.45. The Kier molecular flexibility index (Phi) is 57.9. The zero-order chi connectivity index (χ0) is 56.3. The predicted octanol–water partition coefficient (Wildman–Crippen LogP) is 21.1. The number of quaternary nitrogens is 1. The van der Waals surface area contributed by atoms with E-state index in [4.69, 9.17) is 9.05 Å². The highest BCUT2D eigenvalue weighted by molar-refractivity contribution is 7.47. The molecule has 1 amide bonds. The van der Waals surface area contributed by atoms with Gasteiger partial charge < -0.3 is 19.8 Å². The summed E-state index contributed by atoms with van der Waals surface area (Å²) in [4.78, 5) is 23.4. The molecule has 9 heteroatoms. The van der Waals surface area contributed by atoms with Crippen LogP contribution in [0.15, 0.2) is 48.6 Å². The van der Waals surface area contributed by atoms with Crippen LogP contribution < -0.4 is 5.32 Å². The highest BCUT2D eigenvalue weighted by atomic mass is 31.2. The van der Waals surface area contributed by atoms with E-state index in [0.29, 0.717) is 17.4 Å². The number of phosphoric ester groups is 1. The summed E-state index contributed by atoms with van der Waals surface area (Å²) in [6.45, 7) is 4.83. The van der Waals surface area contributed by atoms with E-state index in [1.807, 2.05) is 27.2 Å². The fourth-order valence-electron chi connectivity index (χ4n) is 10.0. The molecule has 3 atom stereocenters. The third kappa shape index (κ3) is 61.9. The van der Waals surface area contributed by atoms with E-state index in [9.17, 15) is 19.4 Å². The number of hydrogen-bond acceptors (Lipinski definition) is 5. The van der Waals surface area contributed by atoms with Crippen molar-refractivity contribution < 1.29 is 32.9 Å². The summed E-state index contributed by atoms with van der Waals surface area (Å²) in [6.07, 6.45) is 79.7. The molecular weight excluding hydrogens is 972 g/mol. The van der Waals surface area contributed by atoms with Crippen LogP contribution in [-0.4, -0.2) is 73.4 Å². The Bertz CT molecular complexity index is 1390. The van der Waals surface area contributed by atoms with Crippen LogP contribution in [0.25, 0.3) is 0 Å². The van der Waals surface area contributed by atoms with Crippen LogP contribution in [0.1, 0.15) is 328 Å². The molecule has 0 aliphatic heterocycles. The number of aliphatic hydroxyl groups excluding tert-OH is 1. The summed E-state index contributed by atoms with van der Waals surface area (Å²) in [5.74, 6) is -0.186. The topological polar surface area (TPSA) is 105 Å². The van der Waals surface area contributed by atoms with Crippen LogP contribution in [-0.2, 0) is 18.4 Å². The quantitative estimate of drug-likeness (QED) is 0.0243. The van der Waals surface area contributed by atoms with E-state index in [0.717, 1.165) is 44.9 Å². The minimum atomic E-state index is -4.36. The van der Waals surface area contributed by atoms with Crippen LogP contribution in [0.5, 0.6) is 0 Å². The average Bonchev–Trinajstić information content (AvgIpc) is 3.39. The molecule has 0 aromatic carbocycles. The highest BCUT2D eigenvalue weighted by Crippen LogP contribution is 2.43. The molecule has 0 fully saturated rings. The van der Waals surface area contributed by atoms with Crippen molar-refractivity contribution in [1.82, 2.24) is 5.32 Å². The molecule has 0 saturated carbocycles. The van der Waals surface area contributed by atoms with Gasteiger partial charge in [0.15, 0.2) is 0 Å². The van der Waals surface area contributed by atoms with Crippen LogP contribution in [0.4, 0.5) is 0 Å². The van der Waals surface area contributed by atoms with Gasteiger partial charge in [0.05, 0.1) is 39.9 Å². The average molecular weight is 1100 g/mol. The summed E-state index contributed by atoms with van der Waals surface area (Å²) in [5.41, 5.74) is 0. The van der Waals surface area contributed by atoms with Crippen molar-refractivity contribution in [1.29, 1.82) is 0 Å². The molecule has 0 rings (SSSR count). The first-order chi connectivity index (χ1) is 37.5. The molecule has 454 valence electrons. The molecule has 77 heavy (non-hydrogen) atoms. The maximum absolute atomic E-state index is 13.0. The fraction of sp³-hybridized carbons (Fsp3) is 0.868. The van der Waals surface area contributed by atoms with E-state index in [1.165, 1.54) is 263 Å². The van der Waals surface area contributed by atoms with E-state index in [-0.39, 0.29) is 19.1 Å². The largest absolute Gasteiger partial charge is 0.472 e. The Balaban J connectivity index is 4.09. The number of aliphatic hydroxyl groups is 1. The Morgan fingerprint density at radius 2 is 0.714 bits per heavy atom. The van der Waals surface area contributed by atoms with Crippen LogP contribution in [0.2, 0.25) is 0 Å². The Hall–Kier alpha value is -1.54. The SMILES string of the molecule is CCCCCCCCCCCCCC/C=C\CCCCCCCCCCCCCCCCCCCC(=O)NC(COP(=O)(O)OCC[N+](C)(C)C)C(O)/C=C/CC/C=C/CC/C=C/CCCCCCCCCCCCCC. The number of hydrogen-bond donors (Lipinski definition) is 3. The molecule has 0 heterocycles. The van der Waals surface area contributed by atoms with Gasteiger partial charge >= 0.3 is 7.82 Å². The van der Waals surface area contributed by atoms with Crippen molar-refractivity contribution >= 4 is 13.7 Å². The zero-order valence-corrected chi connectivity index (χ0v) is 52.9. The summed E-state index contributed by atoms with van der Waals surface area (Å²) in [5, 5.41) is 14.0. The van der Waals surface area contributed by atoms with Gasteiger partial charge in [0.2, 0.25) is 5.91 Å². The second-order valence-electron chi connectivity index (χ2n) is 24.2. The van der Waals surface area contributed by atoms with Crippen molar-refractivity contribution in [3.8, 4) is 0 Å². The smallest absolute Gasteiger partial charge is 0.387 e. The number of phosphoric acid groups is 1. The molecule has 0 radical (unpaired) electrons. The Morgan fingerprint density at radius 1 is 0.429 bits per heavy atom. The Morgan fingerprint density at radius 3 is 1.04 bits per heavy atom. The fourth-order valence-corrected chi connectivity index (χ4v) is 10.7.